The highest BCUT2D eigenvalue weighted by Crippen LogP contribution is 2.37. The van der Waals surface area contributed by atoms with Gasteiger partial charge in [0.25, 0.3) is 5.91 Å². The molecule has 42 heavy (non-hydrogen) atoms. The molecule has 0 radical (unpaired) electrons. The average Bonchev–Trinajstić information content (AvgIpc) is 3.47. The number of methoxy groups -OCH3 is 1. The van der Waals surface area contributed by atoms with E-state index >= 15 is 0 Å². The highest BCUT2D eigenvalue weighted by Gasteiger charge is 2.61. The standard InChI is InChI=1S/C30H21F5N4O3/c1-41-26-8-3-2-7-25(26)20-5-4-6-21(17-20)28(40)37-22-11-9-19(10-12-22)27-36-18-39(38-27)23-13-15-24(16-14-23)42-30(34,35)29(31,32)33/h2-18H,1H3,(H,37,40). The molecule has 1 amide bonds. The third-order valence-corrected chi connectivity index (χ3v) is 6.11. The average molecular weight is 581 g/mol. The molecule has 0 unspecified atom stereocenters. The Kier molecular flexibility index (Phi) is 7.62. The van der Waals surface area contributed by atoms with Crippen LogP contribution in [-0.4, -0.2) is 40.1 Å². The number of alkyl halides is 5. The second-order valence-electron chi connectivity index (χ2n) is 8.94. The lowest BCUT2D eigenvalue weighted by Gasteiger charge is -2.20. The fourth-order valence-corrected chi connectivity index (χ4v) is 4.01. The topological polar surface area (TPSA) is 78.3 Å². The maximum Gasteiger partial charge on any atom is 0.499 e. The molecule has 0 aliphatic heterocycles. The van der Waals surface area contributed by atoms with E-state index in [2.05, 4.69) is 20.1 Å². The fraction of sp³-hybridized carbons (Fsp3) is 0.100. The van der Waals surface area contributed by atoms with Crippen molar-refractivity contribution in [2.75, 3.05) is 12.4 Å². The van der Waals surface area contributed by atoms with Crippen LogP contribution in [0.1, 0.15) is 10.4 Å². The van der Waals surface area contributed by atoms with Gasteiger partial charge < -0.3 is 14.8 Å². The zero-order chi connectivity index (χ0) is 29.9. The number of hydrogen-bond acceptors (Lipinski definition) is 5. The predicted octanol–water partition coefficient (Wildman–Crippen LogP) is 7.40. The van der Waals surface area contributed by atoms with Gasteiger partial charge in [-0.05, 0) is 72.3 Å². The van der Waals surface area contributed by atoms with Gasteiger partial charge in [0.05, 0.1) is 12.8 Å². The summed E-state index contributed by atoms with van der Waals surface area (Å²) in [5.74, 6) is 0.0486. The maximum absolute atomic E-state index is 13.1. The van der Waals surface area contributed by atoms with E-state index < -0.39 is 18.0 Å². The number of carbonyl (C=O) groups excluding carboxylic acids is 1. The molecule has 4 aromatic carbocycles. The summed E-state index contributed by atoms with van der Waals surface area (Å²) in [6.45, 7) is 0. The predicted molar refractivity (Wildman–Crippen MR) is 145 cm³/mol. The first-order chi connectivity index (χ1) is 20.0. The zero-order valence-electron chi connectivity index (χ0n) is 21.8. The molecule has 1 N–H and O–H groups in total. The Labute approximate surface area is 236 Å². The molecule has 0 spiro atoms. The third-order valence-electron chi connectivity index (χ3n) is 6.11. The highest BCUT2D eigenvalue weighted by atomic mass is 19.4. The molecule has 1 aromatic heterocycles. The molecular weight excluding hydrogens is 559 g/mol. The van der Waals surface area contributed by atoms with Crippen LogP contribution >= 0.6 is 0 Å². The van der Waals surface area contributed by atoms with Crippen LogP contribution in [0.5, 0.6) is 11.5 Å². The van der Waals surface area contributed by atoms with Crippen LogP contribution in [0, 0.1) is 0 Å². The summed E-state index contributed by atoms with van der Waals surface area (Å²) in [6.07, 6.45) is -9.80. The molecule has 1 heterocycles. The van der Waals surface area contributed by atoms with Crippen LogP contribution in [0.25, 0.3) is 28.2 Å². The summed E-state index contributed by atoms with van der Waals surface area (Å²) in [4.78, 5) is 17.2. The first-order valence-electron chi connectivity index (χ1n) is 12.3. The third kappa shape index (κ3) is 6.07. The number of anilines is 1. The molecule has 214 valence electrons. The Morgan fingerprint density at radius 2 is 1.55 bits per heavy atom. The number of para-hydroxylation sites is 1. The molecule has 5 aromatic rings. The van der Waals surface area contributed by atoms with E-state index in [9.17, 15) is 26.7 Å². The molecule has 0 aliphatic rings. The lowest BCUT2D eigenvalue weighted by Crippen LogP contribution is -2.41. The number of benzene rings is 4. The zero-order valence-corrected chi connectivity index (χ0v) is 21.8. The van der Waals surface area contributed by atoms with Gasteiger partial charge >= 0.3 is 12.3 Å². The monoisotopic (exact) mass is 580 g/mol. The van der Waals surface area contributed by atoms with E-state index in [1.165, 1.54) is 23.1 Å². The molecule has 0 atom stereocenters. The van der Waals surface area contributed by atoms with E-state index in [0.29, 0.717) is 34.1 Å². The summed E-state index contributed by atoms with van der Waals surface area (Å²) < 4.78 is 73.9. The van der Waals surface area contributed by atoms with Crippen molar-refractivity contribution in [3.63, 3.8) is 0 Å². The second kappa shape index (κ2) is 11.3. The maximum atomic E-state index is 13.1. The Balaban J connectivity index is 1.25. The Morgan fingerprint density at radius 1 is 0.833 bits per heavy atom. The van der Waals surface area contributed by atoms with E-state index in [1.807, 2.05) is 30.3 Å². The lowest BCUT2D eigenvalue weighted by molar-refractivity contribution is -0.360. The van der Waals surface area contributed by atoms with Gasteiger partial charge in [0.1, 0.15) is 17.8 Å². The number of halogens is 5. The summed E-state index contributed by atoms with van der Waals surface area (Å²) in [6, 6.07) is 25.9. The van der Waals surface area contributed by atoms with E-state index in [-0.39, 0.29) is 5.91 Å². The molecule has 0 aliphatic carbocycles. The van der Waals surface area contributed by atoms with Crippen LogP contribution in [0.2, 0.25) is 0 Å². The molecule has 0 bridgehead atoms. The van der Waals surface area contributed by atoms with Crippen LogP contribution < -0.4 is 14.8 Å². The quantitative estimate of drug-likeness (QED) is 0.194. The molecule has 0 saturated heterocycles. The number of rotatable bonds is 8. The fourth-order valence-electron chi connectivity index (χ4n) is 4.01. The van der Waals surface area contributed by atoms with Crippen LogP contribution in [0.15, 0.2) is 103 Å². The van der Waals surface area contributed by atoms with Gasteiger partial charge in [-0.25, -0.2) is 9.67 Å². The first-order valence-corrected chi connectivity index (χ1v) is 12.3. The molecule has 0 fully saturated rings. The van der Waals surface area contributed by atoms with Crippen LogP contribution in [0.3, 0.4) is 0 Å². The van der Waals surface area contributed by atoms with Gasteiger partial charge in [-0.1, -0.05) is 30.3 Å². The summed E-state index contributed by atoms with van der Waals surface area (Å²) >= 11 is 0. The van der Waals surface area contributed by atoms with E-state index in [4.69, 9.17) is 4.74 Å². The van der Waals surface area contributed by atoms with Gasteiger partial charge in [0.15, 0.2) is 5.82 Å². The van der Waals surface area contributed by atoms with E-state index in [0.717, 1.165) is 23.3 Å². The minimum absolute atomic E-state index is 0.303. The minimum Gasteiger partial charge on any atom is -0.496 e. The summed E-state index contributed by atoms with van der Waals surface area (Å²) in [7, 11) is 1.59. The molecule has 0 saturated carbocycles. The van der Waals surface area contributed by atoms with Crippen molar-refractivity contribution in [1.29, 1.82) is 0 Å². The molecule has 12 heteroatoms. The van der Waals surface area contributed by atoms with Gasteiger partial charge in [-0.3, -0.25) is 4.79 Å². The van der Waals surface area contributed by atoms with Crippen molar-refractivity contribution in [3.05, 3.63) is 109 Å². The number of aromatic nitrogens is 3. The number of ether oxygens (including phenoxy) is 2. The summed E-state index contributed by atoms with van der Waals surface area (Å²) in [5.41, 5.74) is 3.67. The SMILES string of the molecule is COc1ccccc1-c1cccc(C(=O)Nc2ccc(-c3ncn(-c4ccc(OC(F)(F)C(F)(F)F)cc4)n3)cc2)c1. The number of hydrogen-bond donors (Lipinski definition) is 1. The van der Waals surface area contributed by atoms with Gasteiger partial charge in [0.2, 0.25) is 0 Å². The first kappa shape index (κ1) is 28.3. The van der Waals surface area contributed by atoms with Gasteiger partial charge in [-0.15, -0.1) is 5.10 Å². The minimum atomic E-state index is -5.84. The largest absolute Gasteiger partial charge is 0.499 e. The number of carbonyl (C=O) groups is 1. The van der Waals surface area contributed by atoms with Gasteiger partial charge in [0, 0.05) is 22.4 Å². The number of amides is 1. The van der Waals surface area contributed by atoms with E-state index in [1.54, 1.807) is 49.6 Å². The lowest BCUT2D eigenvalue weighted by atomic mass is 10.0. The summed E-state index contributed by atoms with van der Waals surface area (Å²) in [5, 5.41) is 7.18. The van der Waals surface area contributed by atoms with Crippen molar-refractivity contribution in [3.8, 4) is 39.7 Å². The van der Waals surface area contributed by atoms with Gasteiger partial charge in [-0.2, -0.15) is 22.0 Å². The van der Waals surface area contributed by atoms with Crippen molar-refractivity contribution in [2.24, 2.45) is 0 Å². The highest BCUT2D eigenvalue weighted by molar-refractivity contribution is 6.05. The van der Waals surface area contributed by atoms with Crippen molar-refractivity contribution in [2.45, 2.75) is 12.3 Å². The second-order valence-corrected chi connectivity index (χ2v) is 8.94. The molecule has 5 rings (SSSR count). The van der Waals surface area contributed by atoms with Crippen LogP contribution in [-0.2, 0) is 0 Å². The van der Waals surface area contributed by atoms with Crippen molar-refractivity contribution < 1.29 is 36.2 Å². The smallest absolute Gasteiger partial charge is 0.496 e. The number of nitrogens with zero attached hydrogens (tertiary/aromatic N) is 3. The van der Waals surface area contributed by atoms with Crippen LogP contribution in [0.4, 0.5) is 27.6 Å². The molecular formula is C30H21F5N4O3. The normalized spacial score (nSPS) is 11.7. The molecule has 7 nitrogen and oxygen atoms in total. The van der Waals surface area contributed by atoms with Crippen molar-refractivity contribution in [1.82, 2.24) is 14.8 Å². The Morgan fingerprint density at radius 3 is 2.24 bits per heavy atom. The Bertz CT molecular complexity index is 1700. The number of nitrogens with one attached hydrogen (secondary N) is 1. The Hall–Kier alpha value is -5.26. The van der Waals surface area contributed by atoms with Crippen molar-refractivity contribution >= 4 is 11.6 Å².